The van der Waals surface area contributed by atoms with Gasteiger partial charge in [0, 0.05) is 11.1 Å². The minimum atomic E-state index is -5.22. The standard InChI is InChI=1S/C16H13N3O13S4/c17-10-5-9(34(24,25)26)3-7-4-13(36(30,31)32)15(16(20)14(7)10)19-18-11-2-1-8(33(21,22)23)6-12(11)35(27,28)29/h1-6,20H,17H2,(H,21,22,23)(H,24,25,26)(H,27,28,29)(H,30,31,32). The molecule has 0 saturated carbocycles. The van der Waals surface area contributed by atoms with Crippen molar-refractivity contribution in [3.8, 4) is 5.75 Å². The molecule has 0 unspecified atom stereocenters. The number of fused-ring (bicyclic) bond motifs is 1. The Hall–Kier alpha value is -3.24. The van der Waals surface area contributed by atoms with Gasteiger partial charge in [-0.15, -0.1) is 10.2 Å². The molecular formula is C16H13N3O13S4. The van der Waals surface area contributed by atoms with E-state index >= 15 is 0 Å². The van der Waals surface area contributed by atoms with E-state index in [0.717, 1.165) is 12.1 Å². The van der Waals surface area contributed by atoms with Crippen molar-refractivity contribution in [2.45, 2.75) is 19.6 Å². The summed E-state index contributed by atoms with van der Waals surface area (Å²) in [5, 5.41) is 16.6. The lowest BCUT2D eigenvalue weighted by molar-refractivity contribution is 0.471. The summed E-state index contributed by atoms with van der Waals surface area (Å²) in [5.74, 6) is -1.08. The lowest BCUT2D eigenvalue weighted by Crippen LogP contribution is -2.03. The molecule has 0 fully saturated rings. The van der Waals surface area contributed by atoms with Crippen LogP contribution in [0, 0.1) is 0 Å². The number of nitrogens with zero attached hydrogens (tertiary/aromatic N) is 2. The van der Waals surface area contributed by atoms with Gasteiger partial charge in [0.2, 0.25) is 0 Å². The SMILES string of the molecule is Nc1cc(S(=O)(=O)O)cc2cc(S(=O)(=O)O)c(N=Nc3ccc(S(=O)(=O)O)cc3S(=O)(=O)O)c(O)c12. The fourth-order valence-electron chi connectivity index (χ4n) is 2.98. The van der Waals surface area contributed by atoms with Gasteiger partial charge in [-0.05, 0) is 41.8 Å². The molecule has 0 radical (unpaired) electrons. The normalized spacial score (nSPS) is 13.4. The van der Waals surface area contributed by atoms with Crippen LogP contribution in [0.15, 0.2) is 66.2 Å². The number of aromatic hydroxyl groups is 1. The van der Waals surface area contributed by atoms with E-state index in [1.807, 2.05) is 0 Å². The first-order chi connectivity index (χ1) is 16.2. The van der Waals surface area contributed by atoms with Gasteiger partial charge in [-0.2, -0.15) is 33.7 Å². The van der Waals surface area contributed by atoms with Crippen molar-refractivity contribution < 1.29 is 57.0 Å². The molecule has 0 heterocycles. The number of rotatable bonds is 6. The van der Waals surface area contributed by atoms with Gasteiger partial charge in [0.25, 0.3) is 40.5 Å². The van der Waals surface area contributed by atoms with E-state index in [9.17, 15) is 52.4 Å². The smallest absolute Gasteiger partial charge is 0.296 e. The summed E-state index contributed by atoms with van der Waals surface area (Å²) in [7, 11) is -20.2. The second kappa shape index (κ2) is 8.70. The molecule has 0 aliphatic carbocycles. The first-order valence-electron chi connectivity index (χ1n) is 8.76. The maximum atomic E-state index is 11.9. The molecule has 194 valence electrons. The summed E-state index contributed by atoms with van der Waals surface area (Å²) >= 11 is 0. The molecule has 0 spiro atoms. The topological polar surface area (TPSA) is 288 Å². The summed E-state index contributed by atoms with van der Waals surface area (Å²) in [5.41, 5.74) is 3.41. The zero-order chi connectivity index (χ0) is 27.4. The zero-order valence-corrected chi connectivity index (χ0v) is 20.3. The molecule has 0 bridgehead atoms. The van der Waals surface area contributed by atoms with Gasteiger partial charge in [0.15, 0.2) is 5.75 Å². The Morgan fingerprint density at radius 3 is 1.69 bits per heavy atom. The second-order valence-electron chi connectivity index (χ2n) is 6.91. The Morgan fingerprint density at radius 1 is 0.639 bits per heavy atom. The van der Waals surface area contributed by atoms with Crippen LogP contribution in [-0.2, 0) is 40.5 Å². The molecule has 0 saturated heterocycles. The molecule has 3 aromatic carbocycles. The molecule has 20 heteroatoms. The van der Waals surface area contributed by atoms with Crippen molar-refractivity contribution >= 4 is 68.3 Å². The Bertz CT molecular complexity index is 1900. The molecule has 36 heavy (non-hydrogen) atoms. The van der Waals surface area contributed by atoms with Crippen molar-refractivity contribution in [3.63, 3.8) is 0 Å². The molecule has 3 rings (SSSR count). The molecule has 7 N–H and O–H groups in total. The van der Waals surface area contributed by atoms with Crippen LogP contribution in [-0.4, -0.2) is 57.0 Å². The highest BCUT2D eigenvalue weighted by Crippen LogP contribution is 2.44. The molecule has 0 aliphatic heterocycles. The van der Waals surface area contributed by atoms with E-state index in [-0.39, 0.29) is 5.39 Å². The lowest BCUT2D eigenvalue weighted by Gasteiger charge is -2.12. The number of hydrogen-bond donors (Lipinski definition) is 6. The summed E-state index contributed by atoms with van der Waals surface area (Å²) < 4.78 is 130. The maximum absolute atomic E-state index is 11.9. The zero-order valence-electron chi connectivity index (χ0n) is 17.1. The van der Waals surface area contributed by atoms with E-state index in [0.29, 0.717) is 24.3 Å². The number of phenolic OH excluding ortho intramolecular Hbond substituents is 1. The Kier molecular flexibility index (Phi) is 6.61. The highest BCUT2D eigenvalue weighted by Gasteiger charge is 2.26. The lowest BCUT2D eigenvalue weighted by atomic mass is 10.1. The molecule has 3 aromatic rings. The molecule has 0 amide bonds. The van der Waals surface area contributed by atoms with Crippen LogP contribution in [0.3, 0.4) is 0 Å². The van der Waals surface area contributed by atoms with Crippen LogP contribution in [0.5, 0.6) is 5.75 Å². The maximum Gasteiger partial charge on any atom is 0.296 e. The molecule has 0 aliphatic rings. The summed E-state index contributed by atoms with van der Waals surface area (Å²) in [6.07, 6.45) is 0. The summed E-state index contributed by atoms with van der Waals surface area (Å²) in [4.78, 5) is -4.08. The van der Waals surface area contributed by atoms with Crippen LogP contribution in [0.2, 0.25) is 0 Å². The number of hydrogen-bond acceptors (Lipinski definition) is 12. The van der Waals surface area contributed by atoms with Crippen LogP contribution < -0.4 is 5.73 Å². The number of phenols is 1. The quantitative estimate of drug-likeness (QED) is 0.136. The van der Waals surface area contributed by atoms with E-state index in [2.05, 4.69) is 10.2 Å². The molecular weight excluding hydrogens is 570 g/mol. The van der Waals surface area contributed by atoms with Crippen molar-refractivity contribution in [2.75, 3.05) is 5.73 Å². The average Bonchev–Trinajstić information content (AvgIpc) is 2.69. The predicted octanol–water partition coefficient (Wildman–Crippen LogP) is 1.53. The van der Waals surface area contributed by atoms with Crippen LogP contribution in [0.1, 0.15) is 0 Å². The summed E-state index contributed by atoms with van der Waals surface area (Å²) in [6.45, 7) is 0. The van der Waals surface area contributed by atoms with E-state index in [4.69, 9.17) is 10.3 Å². The van der Waals surface area contributed by atoms with Crippen molar-refractivity contribution in [3.05, 3.63) is 36.4 Å². The van der Waals surface area contributed by atoms with Crippen LogP contribution >= 0.6 is 0 Å². The first kappa shape index (κ1) is 27.3. The minimum absolute atomic E-state index is 0.317. The number of benzene rings is 3. The molecule has 0 aromatic heterocycles. The van der Waals surface area contributed by atoms with Gasteiger partial charge >= 0.3 is 0 Å². The first-order valence-corrected chi connectivity index (χ1v) is 14.5. The second-order valence-corrected chi connectivity index (χ2v) is 12.5. The third kappa shape index (κ3) is 5.44. The van der Waals surface area contributed by atoms with Crippen LogP contribution in [0.4, 0.5) is 17.1 Å². The van der Waals surface area contributed by atoms with Gasteiger partial charge < -0.3 is 10.8 Å². The van der Waals surface area contributed by atoms with Crippen molar-refractivity contribution in [1.29, 1.82) is 0 Å². The highest BCUT2D eigenvalue weighted by molar-refractivity contribution is 7.87. The fourth-order valence-corrected chi connectivity index (χ4v) is 5.42. The fraction of sp³-hybridized carbons (Fsp3) is 0. The largest absolute Gasteiger partial charge is 0.505 e. The number of azo groups is 1. The van der Waals surface area contributed by atoms with Crippen molar-refractivity contribution in [1.82, 2.24) is 0 Å². The number of nitrogens with two attached hydrogens (primary N) is 1. The van der Waals surface area contributed by atoms with Gasteiger partial charge in [-0.1, -0.05) is 0 Å². The van der Waals surface area contributed by atoms with E-state index in [1.165, 1.54) is 0 Å². The Morgan fingerprint density at radius 2 is 1.19 bits per heavy atom. The van der Waals surface area contributed by atoms with Gasteiger partial charge in [-0.3, -0.25) is 18.2 Å². The van der Waals surface area contributed by atoms with E-state index in [1.54, 1.807) is 0 Å². The third-order valence-corrected chi connectivity index (χ3v) is 7.93. The van der Waals surface area contributed by atoms with E-state index < -0.39 is 88.3 Å². The Labute approximate surface area is 202 Å². The van der Waals surface area contributed by atoms with Crippen molar-refractivity contribution in [2.24, 2.45) is 10.2 Å². The Balaban J connectivity index is 2.37. The van der Waals surface area contributed by atoms with Gasteiger partial charge in [0.1, 0.15) is 21.2 Å². The van der Waals surface area contributed by atoms with Gasteiger partial charge in [-0.25, -0.2) is 0 Å². The number of anilines is 1. The average molecular weight is 584 g/mol. The summed E-state index contributed by atoms with van der Waals surface area (Å²) in [6, 6.07) is 3.70. The molecule has 0 atom stereocenters. The number of nitrogen functional groups attached to an aromatic ring is 1. The minimum Gasteiger partial charge on any atom is -0.505 e. The predicted molar refractivity (Wildman–Crippen MR) is 120 cm³/mol. The van der Waals surface area contributed by atoms with Crippen LogP contribution in [0.25, 0.3) is 10.8 Å². The third-order valence-electron chi connectivity index (χ3n) is 4.49. The van der Waals surface area contributed by atoms with Gasteiger partial charge in [0.05, 0.1) is 9.79 Å². The molecule has 16 nitrogen and oxygen atoms in total. The monoisotopic (exact) mass is 583 g/mol. The highest BCUT2D eigenvalue weighted by atomic mass is 32.2.